The number of hydrogen-bond acceptors (Lipinski definition) is 3. The summed E-state index contributed by atoms with van der Waals surface area (Å²) in [6, 6.07) is 7.81. The second-order valence-corrected chi connectivity index (χ2v) is 3.66. The van der Waals surface area contributed by atoms with Gasteiger partial charge in [0.1, 0.15) is 12.4 Å². The molecule has 0 radical (unpaired) electrons. The van der Waals surface area contributed by atoms with Gasteiger partial charge in [-0.2, -0.15) is 5.10 Å². The molecular weight excluding hydrogens is 202 g/mol. The molecule has 0 atom stereocenters. The fourth-order valence-corrected chi connectivity index (χ4v) is 1.48. The molecule has 0 spiro atoms. The SMILES string of the molecule is Cn1cc(COc2cccc(CN)c2)cn1. The lowest BCUT2D eigenvalue weighted by Crippen LogP contribution is -1.98. The first kappa shape index (κ1) is 10.7. The van der Waals surface area contributed by atoms with Gasteiger partial charge in [-0.1, -0.05) is 12.1 Å². The Morgan fingerprint density at radius 2 is 2.25 bits per heavy atom. The maximum absolute atomic E-state index is 5.64. The first-order chi connectivity index (χ1) is 7.78. The van der Waals surface area contributed by atoms with Gasteiger partial charge in [0, 0.05) is 25.4 Å². The monoisotopic (exact) mass is 217 g/mol. The number of aryl methyl sites for hydroxylation is 1. The maximum Gasteiger partial charge on any atom is 0.120 e. The quantitative estimate of drug-likeness (QED) is 0.843. The molecule has 0 aliphatic heterocycles. The van der Waals surface area contributed by atoms with E-state index in [2.05, 4.69) is 5.10 Å². The molecule has 0 fully saturated rings. The van der Waals surface area contributed by atoms with E-state index in [1.807, 2.05) is 37.5 Å². The number of ether oxygens (including phenoxy) is 1. The average Bonchev–Trinajstić information content (AvgIpc) is 2.73. The lowest BCUT2D eigenvalue weighted by atomic mass is 10.2. The molecule has 0 unspecified atom stereocenters. The molecule has 1 heterocycles. The summed E-state index contributed by atoms with van der Waals surface area (Å²) >= 11 is 0. The van der Waals surface area contributed by atoms with Crippen LogP contribution in [0.4, 0.5) is 0 Å². The van der Waals surface area contributed by atoms with Crippen LogP contribution in [0.1, 0.15) is 11.1 Å². The van der Waals surface area contributed by atoms with Gasteiger partial charge in [-0.3, -0.25) is 4.68 Å². The Bertz CT molecular complexity index is 465. The predicted octanol–water partition coefficient (Wildman–Crippen LogP) is 1.46. The highest BCUT2D eigenvalue weighted by molar-refractivity contribution is 5.28. The minimum atomic E-state index is 0.530. The highest BCUT2D eigenvalue weighted by Crippen LogP contribution is 2.14. The van der Waals surface area contributed by atoms with Crippen molar-refractivity contribution in [2.45, 2.75) is 13.2 Å². The van der Waals surface area contributed by atoms with Crippen molar-refractivity contribution in [3.8, 4) is 5.75 Å². The summed E-state index contributed by atoms with van der Waals surface area (Å²) in [5.74, 6) is 0.840. The molecular formula is C12H15N3O. The van der Waals surface area contributed by atoms with E-state index in [0.717, 1.165) is 16.9 Å². The molecule has 0 aliphatic carbocycles. The molecule has 84 valence electrons. The third kappa shape index (κ3) is 2.61. The van der Waals surface area contributed by atoms with Crippen LogP contribution >= 0.6 is 0 Å². The molecule has 2 rings (SSSR count). The van der Waals surface area contributed by atoms with Gasteiger partial charge in [0.15, 0.2) is 0 Å². The van der Waals surface area contributed by atoms with Crippen LogP contribution in [0, 0.1) is 0 Å². The van der Waals surface area contributed by atoms with Crippen molar-refractivity contribution in [2.75, 3.05) is 0 Å². The van der Waals surface area contributed by atoms with E-state index in [-0.39, 0.29) is 0 Å². The van der Waals surface area contributed by atoms with Gasteiger partial charge in [0.2, 0.25) is 0 Å². The minimum Gasteiger partial charge on any atom is -0.489 e. The molecule has 2 N–H and O–H groups in total. The standard InChI is InChI=1S/C12H15N3O/c1-15-8-11(7-14-15)9-16-12-4-2-3-10(5-12)6-13/h2-5,7-8H,6,9,13H2,1H3. The van der Waals surface area contributed by atoms with Crippen molar-refractivity contribution < 1.29 is 4.74 Å². The Hall–Kier alpha value is -1.81. The van der Waals surface area contributed by atoms with Gasteiger partial charge in [-0.15, -0.1) is 0 Å². The van der Waals surface area contributed by atoms with Crippen LogP contribution in [0.2, 0.25) is 0 Å². The molecule has 1 aromatic carbocycles. The largest absolute Gasteiger partial charge is 0.489 e. The normalized spacial score (nSPS) is 10.4. The third-order valence-corrected chi connectivity index (χ3v) is 2.30. The van der Waals surface area contributed by atoms with Crippen molar-refractivity contribution in [3.05, 3.63) is 47.8 Å². The van der Waals surface area contributed by atoms with Crippen LogP contribution < -0.4 is 10.5 Å². The van der Waals surface area contributed by atoms with Gasteiger partial charge in [0.05, 0.1) is 6.20 Å². The van der Waals surface area contributed by atoms with Crippen LogP contribution in [0.15, 0.2) is 36.7 Å². The average molecular weight is 217 g/mol. The maximum atomic E-state index is 5.64. The molecule has 4 nitrogen and oxygen atoms in total. The first-order valence-electron chi connectivity index (χ1n) is 5.17. The topological polar surface area (TPSA) is 53.1 Å². The van der Waals surface area contributed by atoms with Crippen molar-refractivity contribution in [1.82, 2.24) is 9.78 Å². The Labute approximate surface area is 94.6 Å². The molecule has 1 aromatic heterocycles. The molecule has 0 saturated heterocycles. The van der Waals surface area contributed by atoms with E-state index in [4.69, 9.17) is 10.5 Å². The Morgan fingerprint density at radius 3 is 2.94 bits per heavy atom. The second-order valence-electron chi connectivity index (χ2n) is 3.66. The van der Waals surface area contributed by atoms with E-state index in [1.54, 1.807) is 10.9 Å². The van der Waals surface area contributed by atoms with Crippen molar-refractivity contribution >= 4 is 0 Å². The second kappa shape index (κ2) is 4.81. The number of aromatic nitrogens is 2. The number of benzene rings is 1. The van der Waals surface area contributed by atoms with E-state index >= 15 is 0 Å². The number of nitrogens with two attached hydrogens (primary N) is 1. The number of hydrogen-bond donors (Lipinski definition) is 1. The molecule has 0 aliphatic rings. The summed E-state index contributed by atoms with van der Waals surface area (Å²) in [5.41, 5.74) is 7.69. The fourth-order valence-electron chi connectivity index (χ4n) is 1.48. The summed E-state index contributed by atoms with van der Waals surface area (Å²) in [6.07, 6.45) is 3.74. The molecule has 0 saturated carbocycles. The highest BCUT2D eigenvalue weighted by atomic mass is 16.5. The molecule has 16 heavy (non-hydrogen) atoms. The van der Waals surface area contributed by atoms with Crippen LogP contribution in [0.25, 0.3) is 0 Å². The van der Waals surface area contributed by atoms with Crippen molar-refractivity contribution in [1.29, 1.82) is 0 Å². The van der Waals surface area contributed by atoms with E-state index in [1.165, 1.54) is 0 Å². The smallest absolute Gasteiger partial charge is 0.120 e. The van der Waals surface area contributed by atoms with Crippen LogP contribution in [0.3, 0.4) is 0 Å². The summed E-state index contributed by atoms with van der Waals surface area (Å²) in [6.45, 7) is 1.06. The Kier molecular flexibility index (Phi) is 3.22. The first-order valence-corrected chi connectivity index (χ1v) is 5.17. The van der Waals surface area contributed by atoms with Gasteiger partial charge < -0.3 is 10.5 Å². The zero-order valence-electron chi connectivity index (χ0n) is 9.26. The zero-order valence-corrected chi connectivity index (χ0v) is 9.26. The predicted molar refractivity (Wildman–Crippen MR) is 61.9 cm³/mol. The van der Waals surface area contributed by atoms with Crippen molar-refractivity contribution in [3.63, 3.8) is 0 Å². The number of nitrogens with zero attached hydrogens (tertiary/aromatic N) is 2. The Balaban J connectivity index is 1.99. The zero-order chi connectivity index (χ0) is 11.4. The lowest BCUT2D eigenvalue weighted by Gasteiger charge is -2.05. The van der Waals surface area contributed by atoms with Gasteiger partial charge in [-0.25, -0.2) is 0 Å². The minimum absolute atomic E-state index is 0.530. The molecule has 0 amide bonds. The van der Waals surface area contributed by atoms with E-state index in [9.17, 15) is 0 Å². The van der Waals surface area contributed by atoms with Gasteiger partial charge in [-0.05, 0) is 17.7 Å². The third-order valence-electron chi connectivity index (χ3n) is 2.30. The number of rotatable bonds is 4. The summed E-state index contributed by atoms with van der Waals surface area (Å²) in [5, 5.41) is 4.08. The summed E-state index contributed by atoms with van der Waals surface area (Å²) < 4.78 is 7.40. The van der Waals surface area contributed by atoms with Gasteiger partial charge >= 0.3 is 0 Å². The van der Waals surface area contributed by atoms with Crippen LogP contribution in [0.5, 0.6) is 5.75 Å². The van der Waals surface area contributed by atoms with E-state index in [0.29, 0.717) is 13.2 Å². The van der Waals surface area contributed by atoms with Gasteiger partial charge in [0.25, 0.3) is 0 Å². The van der Waals surface area contributed by atoms with E-state index < -0.39 is 0 Å². The van der Waals surface area contributed by atoms with Crippen molar-refractivity contribution in [2.24, 2.45) is 12.8 Å². The Morgan fingerprint density at radius 1 is 1.38 bits per heavy atom. The van der Waals surface area contributed by atoms with Crippen LogP contribution in [-0.4, -0.2) is 9.78 Å². The lowest BCUT2D eigenvalue weighted by molar-refractivity contribution is 0.306. The fraction of sp³-hybridized carbons (Fsp3) is 0.250. The summed E-state index contributed by atoms with van der Waals surface area (Å²) in [4.78, 5) is 0. The van der Waals surface area contributed by atoms with Crippen LogP contribution in [-0.2, 0) is 20.2 Å². The molecule has 2 aromatic rings. The summed E-state index contributed by atoms with van der Waals surface area (Å²) in [7, 11) is 1.89. The molecule has 0 bridgehead atoms. The molecule has 4 heteroatoms. The highest BCUT2D eigenvalue weighted by Gasteiger charge is 1.99.